The van der Waals surface area contributed by atoms with Crippen LogP contribution >= 0.6 is 0 Å². The fourth-order valence-electron chi connectivity index (χ4n) is 1.56. The van der Waals surface area contributed by atoms with E-state index in [1.807, 2.05) is 24.7 Å². The third-order valence-electron chi connectivity index (χ3n) is 2.37. The molecule has 0 aromatic carbocycles. The third kappa shape index (κ3) is 1.56. The summed E-state index contributed by atoms with van der Waals surface area (Å²) >= 11 is 0. The number of nitrogens with zero attached hydrogens (tertiary/aromatic N) is 4. The second-order valence-electron chi connectivity index (χ2n) is 3.30. The number of imidazole rings is 1. The highest BCUT2D eigenvalue weighted by Gasteiger charge is 2.12. The lowest BCUT2D eigenvalue weighted by atomic mass is 10.1. The number of nitrogen functional groups attached to an aromatic ring is 1. The van der Waals surface area contributed by atoms with Gasteiger partial charge >= 0.3 is 0 Å². The summed E-state index contributed by atoms with van der Waals surface area (Å²) in [6, 6.07) is 0. The van der Waals surface area contributed by atoms with Crippen LogP contribution in [-0.2, 0) is 13.5 Å². The summed E-state index contributed by atoms with van der Waals surface area (Å²) in [6.45, 7) is 2.03. The molecule has 2 aromatic heterocycles. The van der Waals surface area contributed by atoms with Gasteiger partial charge < -0.3 is 10.3 Å². The molecule has 0 spiro atoms. The number of rotatable bonds is 2. The quantitative estimate of drug-likeness (QED) is 0.791. The van der Waals surface area contributed by atoms with Crippen molar-refractivity contribution in [1.82, 2.24) is 19.5 Å². The zero-order valence-electron chi connectivity index (χ0n) is 8.81. The number of nitrogens with two attached hydrogens (primary N) is 1. The minimum atomic E-state index is 0.533. The fraction of sp³-hybridized carbons (Fsp3) is 0.300. The Labute approximate surface area is 88.0 Å². The summed E-state index contributed by atoms with van der Waals surface area (Å²) < 4.78 is 1.92. The van der Waals surface area contributed by atoms with Gasteiger partial charge in [-0.15, -0.1) is 0 Å². The highest BCUT2D eigenvalue weighted by atomic mass is 15.1. The number of aryl methyl sites for hydroxylation is 1. The first kappa shape index (κ1) is 9.64. The van der Waals surface area contributed by atoms with Crippen molar-refractivity contribution in [2.75, 3.05) is 5.73 Å². The van der Waals surface area contributed by atoms with E-state index in [1.54, 1.807) is 6.20 Å². The molecular formula is C10H13N5. The van der Waals surface area contributed by atoms with Crippen LogP contribution in [0.25, 0.3) is 11.5 Å². The maximum Gasteiger partial charge on any atom is 0.158 e. The van der Waals surface area contributed by atoms with E-state index in [-0.39, 0.29) is 0 Å². The van der Waals surface area contributed by atoms with Crippen molar-refractivity contribution in [2.24, 2.45) is 7.05 Å². The summed E-state index contributed by atoms with van der Waals surface area (Å²) in [5.74, 6) is 1.35. The SMILES string of the molecule is CCc1c(N)ncnc1-c1nccn1C. The molecule has 5 nitrogen and oxygen atoms in total. The Kier molecular flexibility index (Phi) is 2.37. The predicted molar refractivity (Wildman–Crippen MR) is 58.0 cm³/mol. The lowest BCUT2D eigenvalue weighted by molar-refractivity contribution is 0.907. The zero-order valence-corrected chi connectivity index (χ0v) is 8.81. The Morgan fingerprint density at radius 2 is 2.13 bits per heavy atom. The maximum atomic E-state index is 5.80. The molecular weight excluding hydrogens is 190 g/mol. The van der Waals surface area contributed by atoms with Crippen LogP contribution in [0.4, 0.5) is 5.82 Å². The second-order valence-corrected chi connectivity index (χ2v) is 3.30. The first-order valence-electron chi connectivity index (χ1n) is 4.81. The van der Waals surface area contributed by atoms with E-state index < -0.39 is 0 Å². The summed E-state index contributed by atoms with van der Waals surface area (Å²) in [6.07, 6.45) is 5.90. The Balaban J connectivity index is 2.63. The molecule has 0 radical (unpaired) electrons. The van der Waals surface area contributed by atoms with Gasteiger partial charge in [-0.3, -0.25) is 0 Å². The van der Waals surface area contributed by atoms with Gasteiger partial charge in [-0.2, -0.15) is 0 Å². The Morgan fingerprint density at radius 1 is 1.33 bits per heavy atom. The highest BCUT2D eigenvalue weighted by Crippen LogP contribution is 2.22. The smallest absolute Gasteiger partial charge is 0.158 e. The molecule has 2 N–H and O–H groups in total. The third-order valence-corrected chi connectivity index (χ3v) is 2.37. The van der Waals surface area contributed by atoms with Crippen LogP contribution in [0.3, 0.4) is 0 Å². The Hall–Kier alpha value is -1.91. The number of aromatic nitrogens is 4. The summed E-state index contributed by atoms with van der Waals surface area (Å²) in [7, 11) is 1.93. The van der Waals surface area contributed by atoms with Gasteiger partial charge in [0.15, 0.2) is 5.82 Å². The summed E-state index contributed by atoms with van der Waals surface area (Å²) in [5.41, 5.74) is 7.57. The number of anilines is 1. The largest absolute Gasteiger partial charge is 0.383 e. The molecule has 5 heteroatoms. The van der Waals surface area contributed by atoms with Crippen molar-refractivity contribution in [3.05, 3.63) is 24.3 Å². The van der Waals surface area contributed by atoms with Crippen LogP contribution in [0.2, 0.25) is 0 Å². The molecule has 2 aromatic rings. The van der Waals surface area contributed by atoms with Gasteiger partial charge in [-0.05, 0) is 6.42 Å². The van der Waals surface area contributed by atoms with E-state index in [1.165, 1.54) is 6.33 Å². The van der Waals surface area contributed by atoms with Crippen LogP contribution in [0, 0.1) is 0 Å². The molecule has 0 aliphatic carbocycles. The van der Waals surface area contributed by atoms with Gasteiger partial charge in [0.25, 0.3) is 0 Å². The summed E-state index contributed by atoms with van der Waals surface area (Å²) in [5, 5.41) is 0. The van der Waals surface area contributed by atoms with E-state index in [2.05, 4.69) is 15.0 Å². The molecule has 0 saturated carbocycles. The van der Waals surface area contributed by atoms with Crippen LogP contribution in [0.15, 0.2) is 18.7 Å². The average Bonchev–Trinajstić information content (AvgIpc) is 2.64. The van der Waals surface area contributed by atoms with Crippen LogP contribution in [0.5, 0.6) is 0 Å². The average molecular weight is 203 g/mol. The van der Waals surface area contributed by atoms with Gasteiger partial charge in [-0.25, -0.2) is 15.0 Å². The van der Waals surface area contributed by atoms with E-state index in [0.29, 0.717) is 5.82 Å². The minimum absolute atomic E-state index is 0.533. The molecule has 0 unspecified atom stereocenters. The molecule has 78 valence electrons. The van der Waals surface area contributed by atoms with E-state index in [0.717, 1.165) is 23.5 Å². The molecule has 0 atom stereocenters. The molecule has 0 fully saturated rings. The topological polar surface area (TPSA) is 69.6 Å². The van der Waals surface area contributed by atoms with Crippen LogP contribution in [-0.4, -0.2) is 19.5 Å². The van der Waals surface area contributed by atoms with Gasteiger partial charge in [0.2, 0.25) is 0 Å². The fourth-order valence-corrected chi connectivity index (χ4v) is 1.56. The van der Waals surface area contributed by atoms with Crippen molar-refractivity contribution >= 4 is 5.82 Å². The molecule has 15 heavy (non-hydrogen) atoms. The van der Waals surface area contributed by atoms with Crippen molar-refractivity contribution in [3.8, 4) is 11.5 Å². The van der Waals surface area contributed by atoms with Crippen LogP contribution < -0.4 is 5.73 Å². The minimum Gasteiger partial charge on any atom is -0.383 e. The Morgan fingerprint density at radius 3 is 2.73 bits per heavy atom. The zero-order chi connectivity index (χ0) is 10.8. The molecule has 0 amide bonds. The van der Waals surface area contributed by atoms with Crippen molar-refractivity contribution < 1.29 is 0 Å². The first-order valence-corrected chi connectivity index (χ1v) is 4.81. The second kappa shape index (κ2) is 3.68. The van der Waals surface area contributed by atoms with Gasteiger partial charge in [0.1, 0.15) is 17.8 Å². The van der Waals surface area contributed by atoms with Crippen molar-refractivity contribution in [2.45, 2.75) is 13.3 Å². The van der Waals surface area contributed by atoms with Crippen molar-refractivity contribution in [3.63, 3.8) is 0 Å². The molecule has 2 heterocycles. The van der Waals surface area contributed by atoms with E-state index >= 15 is 0 Å². The van der Waals surface area contributed by atoms with Gasteiger partial charge in [-0.1, -0.05) is 6.92 Å². The Bertz CT molecular complexity index is 474. The number of hydrogen-bond donors (Lipinski definition) is 1. The molecule has 0 aliphatic rings. The molecule has 2 rings (SSSR count). The van der Waals surface area contributed by atoms with E-state index in [9.17, 15) is 0 Å². The highest BCUT2D eigenvalue weighted by molar-refractivity contribution is 5.61. The standard InChI is InChI=1S/C10H13N5/c1-3-7-8(13-6-14-9(7)11)10-12-4-5-15(10)2/h4-6H,3H2,1-2H3,(H2,11,13,14). The van der Waals surface area contributed by atoms with Gasteiger partial charge in [0, 0.05) is 25.0 Å². The monoisotopic (exact) mass is 203 g/mol. The van der Waals surface area contributed by atoms with Crippen LogP contribution in [0.1, 0.15) is 12.5 Å². The first-order chi connectivity index (χ1) is 7.24. The van der Waals surface area contributed by atoms with Gasteiger partial charge in [0.05, 0.1) is 0 Å². The molecule has 0 aliphatic heterocycles. The normalized spacial score (nSPS) is 10.5. The lowest BCUT2D eigenvalue weighted by Gasteiger charge is -2.07. The molecule has 0 saturated heterocycles. The maximum absolute atomic E-state index is 5.80. The lowest BCUT2D eigenvalue weighted by Crippen LogP contribution is -2.04. The summed E-state index contributed by atoms with van der Waals surface area (Å²) in [4.78, 5) is 12.5. The predicted octanol–water partition coefficient (Wildman–Crippen LogP) is 1.02. The number of hydrogen-bond acceptors (Lipinski definition) is 4. The van der Waals surface area contributed by atoms with Crippen molar-refractivity contribution in [1.29, 1.82) is 0 Å². The van der Waals surface area contributed by atoms with E-state index in [4.69, 9.17) is 5.73 Å². The molecule has 0 bridgehead atoms.